The number of hydrogen-bond donors (Lipinski definition) is 4. The summed E-state index contributed by atoms with van der Waals surface area (Å²) in [7, 11) is 0. The van der Waals surface area contributed by atoms with Crippen LogP contribution in [0.25, 0.3) is 10.8 Å². The van der Waals surface area contributed by atoms with Gasteiger partial charge in [-0.15, -0.1) is 0 Å². The molecule has 0 aliphatic heterocycles. The van der Waals surface area contributed by atoms with Crippen molar-refractivity contribution in [2.45, 2.75) is 32.0 Å². The lowest BCUT2D eigenvalue weighted by Gasteiger charge is -2.28. The molecule has 3 aromatic carbocycles. The molecular weight excluding hydrogens is 596 g/mol. The number of halogens is 2. The van der Waals surface area contributed by atoms with Crippen LogP contribution < -0.4 is 10.8 Å². The van der Waals surface area contributed by atoms with E-state index in [-0.39, 0.29) is 5.75 Å². The number of hydroxylamine groups is 1. The highest BCUT2D eigenvalue weighted by Gasteiger charge is 2.31. The van der Waals surface area contributed by atoms with E-state index < -0.39 is 24.2 Å². The zero-order chi connectivity index (χ0) is 26.1. The van der Waals surface area contributed by atoms with Gasteiger partial charge in [-0.05, 0) is 59.3 Å². The molecule has 36 heavy (non-hydrogen) atoms. The molecule has 190 valence electrons. The van der Waals surface area contributed by atoms with E-state index in [4.69, 9.17) is 14.7 Å². The molecule has 0 aliphatic rings. The van der Waals surface area contributed by atoms with Gasteiger partial charge in [0.15, 0.2) is 6.10 Å². The highest BCUT2D eigenvalue weighted by molar-refractivity contribution is 9.11. The third-order valence-electron chi connectivity index (χ3n) is 5.34. The Balaban J connectivity index is 1.90. The van der Waals surface area contributed by atoms with Crippen LogP contribution in [0.4, 0.5) is 10.5 Å². The second kappa shape index (κ2) is 13.4. The fourth-order valence-corrected chi connectivity index (χ4v) is 5.01. The molecule has 3 rings (SSSR count). The summed E-state index contributed by atoms with van der Waals surface area (Å²) in [5.74, 6) is -0.736. The summed E-state index contributed by atoms with van der Waals surface area (Å²) in [5.41, 5.74) is 2.46. The van der Waals surface area contributed by atoms with E-state index in [9.17, 15) is 14.7 Å². The number of benzene rings is 3. The first-order valence-electron chi connectivity index (χ1n) is 11.2. The van der Waals surface area contributed by atoms with E-state index in [1.807, 2.05) is 43.3 Å². The van der Waals surface area contributed by atoms with E-state index in [0.717, 1.165) is 10.8 Å². The Morgan fingerprint density at radius 2 is 1.86 bits per heavy atom. The molecule has 3 aromatic rings. The molecule has 10 heteroatoms. The second-order valence-corrected chi connectivity index (χ2v) is 9.52. The molecule has 0 spiro atoms. The lowest BCUT2D eigenvalue weighted by Crippen LogP contribution is -2.29. The van der Waals surface area contributed by atoms with Crippen LogP contribution in [-0.2, 0) is 14.3 Å². The maximum atomic E-state index is 13.1. The van der Waals surface area contributed by atoms with Gasteiger partial charge in [-0.3, -0.25) is 15.3 Å². The van der Waals surface area contributed by atoms with Crippen molar-refractivity contribution >= 4 is 60.3 Å². The van der Waals surface area contributed by atoms with E-state index in [0.29, 0.717) is 39.6 Å². The van der Waals surface area contributed by atoms with Crippen molar-refractivity contribution in [2.75, 3.05) is 11.9 Å². The number of carbonyl (C=O) groups excluding carboxylic acids is 2. The zero-order valence-corrected chi connectivity index (χ0v) is 22.6. The van der Waals surface area contributed by atoms with Crippen LogP contribution in [-0.4, -0.2) is 35.0 Å². The number of fused-ring (bicyclic) bond motifs is 1. The number of phenolic OH excluding ortho intramolecular Hbond substituents is 1. The molecule has 8 nitrogen and oxygen atoms in total. The maximum absolute atomic E-state index is 13.1. The van der Waals surface area contributed by atoms with Gasteiger partial charge >= 0.3 is 6.09 Å². The number of aromatic hydroxyl groups is 1. The van der Waals surface area contributed by atoms with Crippen molar-refractivity contribution in [2.24, 2.45) is 0 Å². The van der Waals surface area contributed by atoms with Gasteiger partial charge < -0.3 is 14.6 Å². The number of ether oxygens (including phenoxy) is 2. The molecule has 0 aromatic heterocycles. The van der Waals surface area contributed by atoms with E-state index in [1.54, 1.807) is 24.3 Å². The smallest absolute Gasteiger partial charge is 0.412 e. The summed E-state index contributed by atoms with van der Waals surface area (Å²) in [6.07, 6.45) is 1.17. The molecule has 0 heterocycles. The first-order valence-corrected chi connectivity index (χ1v) is 12.8. The highest BCUT2D eigenvalue weighted by Crippen LogP contribution is 2.40. The number of phenols is 1. The minimum absolute atomic E-state index is 0.0823. The van der Waals surface area contributed by atoms with Crippen molar-refractivity contribution in [3.05, 3.63) is 81.3 Å². The van der Waals surface area contributed by atoms with Crippen molar-refractivity contribution < 1.29 is 29.4 Å². The van der Waals surface area contributed by atoms with Crippen LogP contribution in [0.5, 0.6) is 5.75 Å². The van der Waals surface area contributed by atoms with Gasteiger partial charge in [0.1, 0.15) is 5.75 Å². The van der Waals surface area contributed by atoms with Gasteiger partial charge in [-0.1, -0.05) is 58.4 Å². The molecule has 2 atom stereocenters. The van der Waals surface area contributed by atoms with Crippen LogP contribution in [0.2, 0.25) is 0 Å². The number of amides is 2. The molecule has 0 aliphatic carbocycles. The van der Waals surface area contributed by atoms with Crippen molar-refractivity contribution in [1.82, 2.24) is 5.48 Å². The van der Waals surface area contributed by atoms with E-state index in [1.165, 1.54) is 11.6 Å². The van der Waals surface area contributed by atoms with Crippen LogP contribution in [0.3, 0.4) is 0 Å². The quantitative estimate of drug-likeness (QED) is 0.115. The number of nitrogens with one attached hydrogen (secondary N) is 2. The monoisotopic (exact) mass is 620 g/mol. The average Bonchev–Trinajstić information content (AvgIpc) is 2.87. The highest BCUT2D eigenvalue weighted by atomic mass is 79.9. The van der Waals surface area contributed by atoms with Crippen molar-refractivity contribution in [1.29, 1.82) is 0 Å². The number of hydrogen-bond acceptors (Lipinski definition) is 6. The molecule has 0 fully saturated rings. The molecule has 0 unspecified atom stereocenters. The standard InChI is InChI=1S/C26H26Br2N2O6/c1-2-35-22(12-5-6-13-23(31)30-34)25(19-14-17(27)15-20(28)24(19)32)36-26(33)29-21-11-7-9-16-8-3-4-10-18(16)21/h3-4,6-11,13-15,22,25,32,34H,2,5,12H2,1H3,(H,29,33)(H,30,31)/b13-6+/t22-,25-/m0/s1. The Bertz CT molecular complexity index is 1250. The van der Waals surface area contributed by atoms with Gasteiger partial charge in [-0.2, -0.15) is 0 Å². The lowest BCUT2D eigenvalue weighted by molar-refractivity contribution is -0.124. The largest absolute Gasteiger partial charge is 0.506 e. The molecule has 0 radical (unpaired) electrons. The van der Waals surface area contributed by atoms with Crippen molar-refractivity contribution in [3.8, 4) is 5.75 Å². The average molecular weight is 622 g/mol. The molecule has 2 amide bonds. The summed E-state index contributed by atoms with van der Waals surface area (Å²) in [4.78, 5) is 24.4. The molecule has 0 saturated heterocycles. The SMILES string of the molecule is CCO[C@@H](CC/C=C/C(=O)NO)[C@@H](OC(=O)Nc1cccc2ccccc12)c1cc(Br)cc(Br)c1O. The topological polar surface area (TPSA) is 117 Å². The Morgan fingerprint density at radius 1 is 1.11 bits per heavy atom. The number of rotatable bonds is 10. The van der Waals surface area contributed by atoms with E-state index >= 15 is 0 Å². The molecule has 0 bridgehead atoms. The Labute approximate surface area is 225 Å². The second-order valence-electron chi connectivity index (χ2n) is 7.75. The zero-order valence-electron chi connectivity index (χ0n) is 19.4. The Hall–Kier alpha value is -2.92. The summed E-state index contributed by atoms with van der Waals surface area (Å²) < 4.78 is 12.9. The van der Waals surface area contributed by atoms with Crippen LogP contribution in [0, 0.1) is 0 Å². The van der Waals surface area contributed by atoms with Crippen LogP contribution >= 0.6 is 31.9 Å². The number of carbonyl (C=O) groups is 2. The van der Waals surface area contributed by atoms with Gasteiger partial charge in [0.25, 0.3) is 5.91 Å². The Kier molecular flexibility index (Phi) is 10.3. The third-order valence-corrected chi connectivity index (χ3v) is 6.40. The van der Waals surface area contributed by atoms with Gasteiger partial charge in [0, 0.05) is 28.1 Å². The lowest BCUT2D eigenvalue weighted by atomic mass is 9.99. The fourth-order valence-electron chi connectivity index (χ4n) is 3.76. The normalized spacial score (nSPS) is 12.9. The molecular formula is C26H26Br2N2O6. The minimum Gasteiger partial charge on any atom is -0.506 e. The summed E-state index contributed by atoms with van der Waals surface area (Å²) in [6, 6.07) is 16.6. The maximum Gasteiger partial charge on any atom is 0.412 e. The predicted molar refractivity (Wildman–Crippen MR) is 144 cm³/mol. The minimum atomic E-state index is -0.978. The van der Waals surface area contributed by atoms with E-state index in [2.05, 4.69) is 37.2 Å². The van der Waals surface area contributed by atoms with Crippen LogP contribution in [0.1, 0.15) is 31.4 Å². The van der Waals surface area contributed by atoms with Crippen molar-refractivity contribution in [3.63, 3.8) is 0 Å². The number of anilines is 1. The number of allylic oxidation sites excluding steroid dienone is 1. The summed E-state index contributed by atoms with van der Waals surface area (Å²) in [6.45, 7) is 2.14. The molecule has 4 N–H and O–H groups in total. The van der Waals surface area contributed by atoms with Crippen LogP contribution in [0.15, 0.2) is 75.7 Å². The third kappa shape index (κ3) is 7.30. The fraction of sp³-hybridized carbons (Fsp3) is 0.231. The van der Waals surface area contributed by atoms with Gasteiger partial charge in [-0.25, -0.2) is 10.3 Å². The summed E-state index contributed by atoms with van der Waals surface area (Å²) in [5, 5.41) is 24.1. The first kappa shape index (κ1) is 27.7. The first-order chi connectivity index (χ1) is 17.3. The Morgan fingerprint density at radius 3 is 2.61 bits per heavy atom. The molecule has 0 saturated carbocycles. The predicted octanol–water partition coefficient (Wildman–Crippen LogP) is 6.61. The summed E-state index contributed by atoms with van der Waals surface area (Å²) >= 11 is 6.75. The van der Waals surface area contributed by atoms with Gasteiger partial charge in [0.2, 0.25) is 0 Å². The van der Waals surface area contributed by atoms with Gasteiger partial charge in [0.05, 0.1) is 16.3 Å².